The Balaban J connectivity index is 1.73. The molecule has 136 valence electrons. The number of pyridine rings is 1. The van der Waals surface area contributed by atoms with Gasteiger partial charge in [0.05, 0.1) is 17.4 Å². The zero-order valence-corrected chi connectivity index (χ0v) is 15.5. The van der Waals surface area contributed by atoms with E-state index in [1.165, 1.54) is 18.7 Å². The van der Waals surface area contributed by atoms with Crippen LogP contribution in [0.3, 0.4) is 0 Å². The highest BCUT2D eigenvalue weighted by molar-refractivity contribution is 6.04. The van der Waals surface area contributed by atoms with Gasteiger partial charge in [-0.2, -0.15) is 0 Å². The van der Waals surface area contributed by atoms with Crippen molar-refractivity contribution >= 4 is 28.8 Å². The maximum atomic E-state index is 12.5. The molecule has 5 heteroatoms. The van der Waals surface area contributed by atoms with E-state index in [0.717, 1.165) is 16.9 Å². The molecule has 1 heterocycles. The van der Waals surface area contributed by atoms with Crippen molar-refractivity contribution in [1.29, 1.82) is 0 Å². The summed E-state index contributed by atoms with van der Waals surface area (Å²) >= 11 is 0. The lowest BCUT2D eigenvalue weighted by Gasteiger charge is -2.10. The fourth-order valence-electron chi connectivity index (χ4n) is 2.61. The van der Waals surface area contributed by atoms with Crippen molar-refractivity contribution in [2.24, 2.45) is 0 Å². The third kappa shape index (κ3) is 4.58. The van der Waals surface area contributed by atoms with Crippen LogP contribution in [0.5, 0.6) is 0 Å². The van der Waals surface area contributed by atoms with Crippen LogP contribution >= 0.6 is 0 Å². The first-order valence-electron chi connectivity index (χ1n) is 8.64. The molecule has 2 N–H and O–H groups in total. The van der Waals surface area contributed by atoms with Crippen molar-refractivity contribution in [3.8, 4) is 0 Å². The Morgan fingerprint density at radius 1 is 0.778 bits per heavy atom. The third-order valence-corrected chi connectivity index (χ3v) is 4.35. The summed E-state index contributed by atoms with van der Waals surface area (Å²) < 4.78 is 0. The van der Waals surface area contributed by atoms with Gasteiger partial charge in [0.25, 0.3) is 5.91 Å². The Morgan fingerprint density at radius 2 is 1.48 bits per heavy atom. The predicted octanol–water partition coefficient (Wildman–Crippen LogP) is 4.90. The average Bonchev–Trinajstić information content (AvgIpc) is 2.65. The maximum Gasteiger partial charge on any atom is 0.257 e. The summed E-state index contributed by atoms with van der Waals surface area (Å²) in [5, 5.41) is 6.09. The molecule has 0 aliphatic heterocycles. The van der Waals surface area contributed by atoms with E-state index in [4.69, 9.17) is 0 Å². The minimum atomic E-state index is -0.221. The van der Waals surface area contributed by atoms with Gasteiger partial charge in [-0.15, -0.1) is 0 Å². The minimum absolute atomic E-state index is 0.0215. The molecule has 0 radical (unpaired) electrons. The largest absolute Gasteiger partial charge is 0.354 e. The molecule has 3 rings (SSSR count). The van der Waals surface area contributed by atoms with Gasteiger partial charge in [0, 0.05) is 23.1 Å². The van der Waals surface area contributed by atoms with Gasteiger partial charge < -0.3 is 10.6 Å². The number of aromatic nitrogens is 1. The van der Waals surface area contributed by atoms with E-state index >= 15 is 0 Å². The van der Waals surface area contributed by atoms with Crippen molar-refractivity contribution in [3.05, 3.63) is 83.2 Å². The van der Waals surface area contributed by atoms with Crippen LogP contribution in [-0.4, -0.2) is 16.7 Å². The fraction of sp³-hybridized carbons (Fsp3) is 0.136. The summed E-state index contributed by atoms with van der Waals surface area (Å²) in [4.78, 5) is 28.0. The molecule has 27 heavy (non-hydrogen) atoms. The van der Waals surface area contributed by atoms with Gasteiger partial charge >= 0.3 is 0 Å². The van der Waals surface area contributed by atoms with Gasteiger partial charge in [-0.25, -0.2) is 0 Å². The van der Waals surface area contributed by atoms with Crippen molar-refractivity contribution in [2.75, 3.05) is 10.6 Å². The highest BCUT2D eigenvalue weighted by atomic mass is 16.1. The number of carbonyl (C=O) groups excluding carboxylic acids is 2. The lowest BCUT2D eigenvalue weighted by Crippen LogP contribution is -2.12. The first kappa shape index (κ1) is 18.3. The summed E-state index contributed by atoms with van der Waals surface area (Å²) in [6.07, 6.45) is 3.17. The number of rotatable bonds is 5. The van der Waals surface area contributed by atoms with Gasteiger partial charge in [0.2, 0.25) is 0 Å². The molecule has 0 unspecified atom stereocenters. The SMILES string of the molecule is CC(=O)c1ccc(Nc2cncc(C(=O)Nc3ccc(C)c(C)c3)c2)cc1. The van der Waals surface area contributed by atoms with Crippen LogP contribution in [0.4, 0.5) is 17.1 Å². The summed E-state index contributed by atoms with van der Waals surface area (Å²) in [6.45, 7) is 5.57. The molecule has 1 amide bonds. The van der Waals surface area contributed by atoms with Crippen LogP contribution in [0.15, 0.2) is 60.9 Å². The fourth-order valence-corrected chi connectivity index (χ4v) is 2.61. The van der Waals surface area contributed by atoms with Gasteiger partial charge in [-0.1, -0.05) is 6.07 Å². The van der Waals surface area contributed by atoms with Gasteiger partial charge in [-0.05, 0) is 74.4 Å². The quantitative estimate of drug-likeness (QED) is 0.636. The second-order valence-corrected chi connectivity index (χ2v) is 6.47. The topological polar surface area (TPSA) is 71.1 Å². The molecule has 0 fully saturated rings. The molecule has 0 aliphatic rings. The minimum Gasteiger partial charge on any atom is -0.354 e. The third-order valence-electron chi connectivity index (χ3n) is 4.35. The number of hydrogen-bond acceptors (Lipinski definition) is 4. The normalized spacial score (nSPS) is 10.3. The standard InChI is InChI=1S/C22H21N3O2/c1-14-4-7-20(10-15(14)2)25-22(27)18-11-21(13-23-12-18)24-19-8-5-17(6-9-19)16(3)26/h4-13,24H,1-3H3,(H,25,27). The van der Waals surface area contributed by atoms with E-state index in [1.54, 1.807) is 24.4 Å². The van der Waals surface area contributed by atoms with Gasteiger partial charge in [0.15, 0.2) is 5.78 Å². The Bertz CT molecular complexity index is 995. The molecule has 5 nitrogen and oxygen atoms in total. The number of hydrogen-bond donors (Lipinski definition) is 2. The first-order valence-corrected chi connectivity index (χ1v) is 8.64. The van der Waals surface area contributed by atoms with Crippen molar-refractivity contribution in [1.82, 2.24) is 4.98 Å². The van der Waals surface area contributed by atoms with E-state index in [0.29, 0.717) is 16.8 Å². The molecule has 0 aliphatic carbocycles. The zero-order valence-electron chi connectivity index (χ0n) is 15.5. The number of carbonyl (C=O) groups is 2. The van der Waals surface area contributed by atoms with Crippen LogP contribution in [0.1, 0.15) is 38.8 Å². The maximum absolute atomic E-state index is 12.5. The average molecular weight is 359 g/mol. The Kier molecular flexibility index (Phi) is 5.31. The summed E-state index contributed by atoms with van der Waals surface area (Å²) in [5.41, 5.74) is 5.67. The van der Waals surface area contributed by atoms with Crippen LogP contribution in [0, 0.1) is 13.8 Å². The van der Waals surface area contributed by atoms with E-state index < -0.39 is 0 Å². The molecular formula is C22H21N3O2. The Morgan fingerprint density at radius 3 is 2.15 bits per heavy atom. The zero-order chi connectivity index (χ0) is 19.4. The highest BCUT2D eigenvalue weighted by Crippen LogP contribution is 2.19. The lowest BCUT2D eigenvalue weighted by atomic mass is 10.1. The molecule has 0 saturated heterocycles. The number of Topliss-reactive ketones (excluding diaryl/α,β-unsaturated/α-hetero) is 1. The van der Waals surface area contributed by atoms with Crippen molar-refractivity contribution < 1.29 is 9.59 Å². The number of nitrogens with zero attached hydrogens (tertiary/aromatic N) is 1. The van der Waals surface area contributed by atoms with Crippen molar-refractivity contribution in [2.45, 2.75) is 20.8 Å². The number of amides is 1. The van der Waals surface area contributed by atoms with Crippen LogP contribution < -0.4 is 10.6 Å². The molecule has 0 saturated carbocycles. The molecule has 1 aromatic heterocycles. The smallest absolute Gasteiger partial charge is 0.257 e. The van der Waals surface area contributed by atoms with E-state index in [-0.39, 0.29) is 11.7 Å². The van der Waals surface area contributed by atoms with E-state index in [1.807, 2.05) is 44.2 Å². The lowest BCUT2D eigenvalue weighted by molar-refractivity contribution is 0.101. The first-order chi connectivity index (χ1) is 12.9. The van der Waals surface area contributed by atoms with Crippen LogP contribution in [-0.2, 0) is 0 Å². The molecule has 2 aromatic carbocycles. The second-order valence-electron chi connectivity index (χ2n) is 6.47. The van der Waals surface area contributed by atoms with Crippen LogP contribution in [0.25, 0.3) is 0 Å². The number of aryl methyl sites for hydroxylation is 2. The summed E-state index contributed by atoms with van der Waals surface area (Å²) in [5.74, 6) is -0.199. The van der Waals surface area contributed by atoms with E-state index in [9.17, 15) is 9.59 Å². The second kappa shape index (κ2) is 7.83. The van der Waals surface area contributed by atoms with E-state index in [2.05, 4.69) is 15.6 Å². The molecule has 3 aromatic rings. The molecule has 0 atom stereocenters. The number of ketones is 1. The van der Waals surface area contributed by atoms with Gasteiger partial charge in [0.1, 0.15) is 0 Å². The number of anilines is 3. The highest BCUT2D eigenvalue weighted by Gasteiger charge is 2.09. The Labute approximate surface area is 158 Å². The van der Waals surface area contributed by atoms with Gasteiger partial charge in [-0.3, -0.25) is 14.6 Å². The monoisotopic (exact) mass is 359 g/mol. The molecule has 0 bridgehead atoms. The molecule has 0 spiro atoms. The molecular weight excluding hydrogens is 338 g/mol. The van der Waals surface area contributed by atoms with Crippen LogP contribution in [0.2, 0.25) is 0 Å². The Hall–Kier alpha value is -3.47. The predicted molar refractivity (Wildman–Crippen MR) is 108 cm³/mol. The number of nitrogens with one attached hydrogen (secondary N) is 2. The summed E-state index contributed by atoms with van der Waals surface area (Å²) in [7, 11) is 0. The number of benzene rings is 2. The summed E-state index contributed by atoms with van der Waals surface area (Å²) in [6, 6.07) is 14.7. The van der Waals surface area contributed by atoms with Crippen molar-refractivity contribution in [3.63, 3.8) is 0 Å².